The summed E-state index contributed by atoms with van der Waals surface area (Å²) in [7, 11) is -2.33. The third-order valence-corrected chi connectivity index (χ3v) is 23.9. The van der Waals surface area contributed by atoms with E-state index in [4.69, 9.17) is 32.5 Å². The molecule has 1 amide bonds. The van der Waals surface area contributed by atoms with Gasteiger partial charge in [0.05, 0.1) is 33.5 Å². The van der Waals surface area contributed by atoms with E-state index in [0.717, 1.165) is 27.5 Å². The van der Waals surface area contributed by atoms with Gasteiger partial charge in [-0.05, 0) is 68.4 Å². The zero-order valence-corrected chi connectivity index (χ0v) is 45.7. The van der Waals surface area contributed by atoms with Crippen molar-refractivity contribution in [3.8, 4) is 5.75 Å². The summed E-state index contributed by atoms with van der Waals surface area (Å²) in [5.74, 6) is 0.179. The first-order valence-electron chi connectivity index (χ1n) is 23.3. The highest BCUT2D eigenvalue weighted by atomic mass is 28.4. The van der Waals surface area contributed by atoms with Gasteiger partial charge < -0.3 is 37.4 Å². The molecule has 0 radical (unpaired) electrons. The number of likely N-dealkylation sites (N-methyl/N-ethyl adjacent to an activating group) is 1. The normalized spacial score (nSPS) is 14.9. The predicted molar refractivity (Wildman–Crippen MR) is 278 cm³/mol. The molecule has 0 spiro atoms. The SMILES string of the molecule is COc1ccc(CO[C@H]([C@H](CO[Si](C)(C)C(C)(C)C)OCOCC[Si](C)(C)C)[C@H](OCc2ccccc2)[C@](CO[Si](c2ccccc2)(c2ccccc2)C(C)(C)C)(N=[N+]=[N-])C(=O)N(C)C)cc1. The van der Waals surface area contributed by atoms with E-state index >= 15 is 4.79 Å². The molecule has 4 rings (SSSR count). The molecule has 0 bridgehead atoms. The maximum absolute atomic E-state index is 15.5. The van der Waals surface area contributed by atoms with Crippen molar-refractivity contribution in [1.29, 1.82) is 0 Å². The molecule has 0 aromatic heterocycles. The van der Waals surface area contributed by atoms with Crippen molar-refractivity contribution in [1.82, 2.24) is 4.90 Å². The summed E-state index contributed by atoms with van der Waals surface area (Å²) in [6.07, 6.45) is -3.31. The van der Waals surface area contributed by atoms with Crippen LogP contribution in [0.4, 0.5) is 0 Å². The number of carbonyl (C=O) groups is 1. The molecule has 0 heterocycles. The molecule has 0 fully saturated rings. The standard InChI is InChI=1S/C52H78N4O8Si3/c1-50(2,3)66(13,14)63-38-46(62-40-59-34-35-65(10,11)12)47(60-36-42-30-32-43(58-9)33-31-42)48(61-37-41-24-18-15-19-25-41)52(54-55-53,49(57)56(7)8)39-64-67(51(4,5)6,44-26-20-16-21-27-44)45-28-22-17-23-29-45/h15-33,46-48H,34-40H2,1-14H3/t46-,47+,48-,52-/m0/s1. The van der Waals surface area contributed by atoms with Gasteiger partial charge in [-0.2, -0.15) is 0 Å². The molecule has 0 saturated heterocycles. The molecule has 15 heteroatoms. The second kappa shape index (κ2) is 24.4. The highest BCUT2D eigenvalue weighted by molar-refractivity contribution is 6.99. The summed E-state index contributed by atoms with van der Waals surface area (Å²) in [5, 5.41) is 5.94. The number of amides is 1. The number of benzene rings is 4. The van der Waals surface area contributed by atoms with Gasteiger partial charge in [-0.3, -0.25) is 4.79 Å². The van der Waals surface area contributed by atoms with E-state index in [9.17, 15) is 5.53 Å². The van der Waals surface area contributed by atoms with Crippen molar-refractivity contribution >= 4 is 41.0 Å². The van der Waals surface area contributed by atoms with E-state index in [1.54, 1.807) is 21.2 Å². The number of azide groups is 1. The highest BCUT2D eigenvalue weighted by Crippen LogP contribution is 2.41. The van der Waals surface area contributed by atoms with Crippen molar-refractivity contribution in [3.63, 3.8) is 0 Å². The molecule has 4 atom stereocenters. The average Bonchev–Trinajstić information content (AvgIpc) is 3.28. The molecule has 0 aliphatic heterocycles. The van der Waals surface area contributed by atoms with Crippen molar-refractivity contribution in [2.24, 2.45) is 5.11 Å². The first-order valence-corrected chi connectivity index (χ1v) is 31.8. The van der Waals surface area contributed by atoms with Crippen LogP contribution in [0.25, 0.3) is 10.4 Å². The second-order valence-corrected chi connectivity index (χ2v) is 36.0. The summed E-state index contributed by atoms with van der Waals surface area (Å²) in [4.78, 5) is 20.4. The van der Waals surface area contributed by atoms with Crippen molar-refractivity contribution < 1.29 is 37.3 Å². The molecule has 67 heavy (non-hydrogen) atoms. The fourth-order valence-corrected chi connectivity index (χ4v) is 14.1. The van der Waals surface area contributed by atoms with Gasteiger partial charge >= 0.3 is 0 Å². The maximum Gasteiger partial charge on any atom is 0.261 e. The topological polar surface area (TPSA) is 134 Å². The maximum atomic E-state index is 15.5. The van der Waals surface area contributed by atoms with Crippen LogP contribution in [-0.4, -0.2) is 107 Å². The molecule has 4 aromatic carbocycles. The summed E-state index contributed by atoms with van der Waals surface area (Å²) in [6, 6.07) is 38.6. The Kier molecular flexibility index (Phi) is 20.2. The molecular weight excluding hydrogens is 893 g/mol. The largest absolute Gasteiger partial charge is 0.497 e. The third-order valence-electron chi connectivity index (χ3n) is 12.7. The number of nitrogens with zero attached hydrogens (tertiary/aromatic N) is 4. The number of hydrogen-bond donors (Lipinski definition) is 0. The molecule has 12 nitrogen and oxygen atoms in total. The molecule has 0 N–H and O–H groups in total. The van der Waals surface area contributed by atoms with Gasteiger partial charge in [-0.1, -0.05) is 169 Å². The Morgan fingerprint density at radius 3 is 1.70 bits per heavy atom. The van der Waals surface area contributed by atoms with Crippen molar-refractivity contribution in [3.05, 3.63) is 137 Å². The molecule has 0 unspecified atom stereocenters. The molecule has 366 valence electrons. The average molecular weight is 971 g/mol. The Bertz CT molecular complexity index is 2100. The quantitative estimate of drug-likeness (QED) is 0.0152. The van der Waals surface area contributed by atoms with Gasteiger partial charge in [0.1, 0.15) is 30.9 Å². The van der Waals surface area contributed by atoms with Crippen molar-refractivity contribution in [2.75, 3.05) is 47.8 Å². The number of rotatable bonds is 26. The fourth-order valence-electron chi connectivity index (χ4n) is 7.73. The van der Waals surface area contributed by atoms with Crippen LogP contribution in [0.15, 0.2) is 120 Å². The summed E-state index contributed by atoms with van der Waals surface area (Å²) in [5.41, 5.74) is 10.4. The number of carbonyl (C=O) groups excluding carboxylic acids is 1. The van der Waals surface area contributed by atoms with E-state index in [0.29, 0.717) is 12.4 Å². The van der Waals surface area contributed by atoms with Crippen LogP contribution in [0.3, 0.4) is 0 Å². The number of hydrogen-bond acceptors (Lipinski definition) is 9. The Balaban J connectivity index is 2.05. The lowest BCUT2D eigenvalue weighted by Gasteiger charge is -2.47. The molecule has 0 saturated carbocycles. The van der Waals surface area contributed by atoms with E-state index < -0.39 is 59.5 Å². The van der Waals surface area contributed by atoms with Crippen LogP contribution in [-0.2, 0) is 45.8 Å². The fraction of sp³-hybridized carbons (Fsp3) is 0.519. The molecular formula is C52H78N4O8Si3. The van der Waals surface area contributed by atoms with Crippen LogP contribution in [0, 0.1) is 0 Å². The van der Waals surface area contributed by atoms with E-state index in [1.165, 1.54) is 4.90 Å². The monoisotopic (exact) mass is 971 g/mol. The molecule has 0 aliphatic rings. The first kappa shape index (κ1) is 55.5. The van der Waals surface area contributed by atoms with Gasteiger partial charge in [-0.15, -0.1) is 0 Å². The van der Waals surface area contributed by atoms with Crippen LogP contribution >= 0.6 is 0 Å². The smallest absolute Gasteiger partial charge is 0.261 e. The van der Waals surface area contributed by atoms with Gasteiger partial charge in [0.2, 0.25) is 5.91 Å². The van der Waals surface area contributed by atoms with Crippen LogP contribution in [0.1, 0.15) is 52.7 Å². The highest BCUT2D eigenvalue weighted by Gasteiger charge is 2.58. The zero-order chi connectivity index (χ0) is 49.5. The summed E-state index contributed by atoms with van der Waals surface area (Å²) in [6.45, 7) is 24.6. The van der Waals surface area contributed by atoms with E-state index in [-0.39, 0.29) is 38.3 Å². The van der Waals surface area contributed by atoms with Crippen LogP contribution < -0.4 is 15.1 Å². The summed E-state index contributed by atoms with van der Waals surface area (Å²) >= 11 is 0. The minimum atomic E-state index is -3.38. The second-order valence-electron chi connectivity index (χ2n) is 21.2. The summed E-state index contributed by atoms with van der Waals surface area (Å²) < 4.78 is 47.4. The lowest BCUT2D eigenvalue weighted by Crippen LogP contribution is -2.70. The van der Waals surface area contributed by atoms with Gasteiger partial charge in [-0.25, -0.2) is 0 Å². The lowest BCUT2D eigenvalue weighted by molar-refractivity contribution is -0.202. The minimum Gasteiger partial charge on any atom is -0.497 e. The van der Waals surface area contributed by atoms with E-state index in [1.807, 2.05) is 91.0 Å². The predicted octanol–water partition coefficient (Wildman–Crippen LogP) is 10.6. The van der Waals surface area contributed by atoms with Crippen LogP contribution in [0.2, 0.25) is 48.9 Å². The van der Waals surface area contributed by atoms with Crippen molar-refractivity contribution in [2.45, 2.75) is 127 Å². The molecule has 4 aromatic rings. The minimum absolute atomic E-state index is 0.0407. The third kappa shape index (κ3) is 14.9. The Hall–Kier alpha value is -4.13. The van der Waals surface area contributed by atoms with Crippen LogP contribution in [0.5, 0.6) is 5.75 Å². The van der Waals surface area contributed by atoms with Gasteiger partial charge in [0.15, 0.2) is 13.9 Å². The Morgan fingerprint density at radius 1 is 0.701 bits per heavy atom. The number of methoxy groups -OCH3 is 1. The first-order chi connectivity index (χ1) is 31.5. The lowest BCUT2D eigenvalue weighted by atomic mass is 9.86. The van der Waals surface area contributed by atoms with Gasteiger partial charge in [0, 0.05) is 33.7 Å². The Labute approximate surface area is 404 Å². The zero-order valence-electron chi connectivity index (χ0n) is 42.7. The van der Waals surface area contributed by atoms with Gasteiger partial charge in [0.25, 0.3) is 8.32 Å². The number of ether oxygens (including phenoxy) is 5. The molecule has 0 aliphatic carbocycles. The van der Waals surface area contributed by atoms with E-state index in [2.05, 4.69) is 109 Å². The Morgan fingerprint density at radius 2 is 1.22 bits per heavy atom.